The molecule has 0 aliphatic carbocycles. The molecule has 0 spiro atoms. The zero-order chi connectivity index (χ0) is 14.1. The van der Waals surface area contributed by atoms with Gasteiger partial charge in [-0.1, -0.05) is 18.2 Å². The van der Waals surface area contributed by atoms with Crippen LogP contribution in [0.2, 0.25) is 0 Å². The van der Waals surface area contributed by atoms with Crippen molar-refractivity contribution in [1.82, 2.24) is 5.32 Å². The Morgan fingerprint density at radius 1 is 1.20 bits per heavy atom. The number of benzene rings is 2. The van der Waals surface area contributed by atoms with Crippen molar-refractivity contribution in [3.63, 3.8) is 0 Å². The highest BCUT2D eigenvalue weighted by Gasteiger charge is 2.22. The summed E-state index contributed by atoms with van der Waals surface area (Å²) in [6.45, 7) is 0. The molecule has 0 radical (unpaired) electrons. The molecule has 0 unspecified atom stereocenters. The van der Waals surface area contributed by atoms with Gasteiger partial charge in [-0.15, -0.1) is 0 Å². The minimum Gasteiger partial charge on any atom is -0.497 e. The first-order valence-corrected chi connectivity index (χ1v) is 6.39. The maximum absolute atomic E-state index is 11.5. The predicted molar refractivity (Wildman–Crippen MR) is 80.3 cm³/mol. The number of nitrogens with one attached hydrogen (secondary N) is 1. The van der Waals surface area contributed by atoms with Gasteiger partial charge in [-0.25, -0.2) is 0 Å². The van der Waals surface area contributed by atoms with Gasteiger partial charge in [-0.05, 0) is 52.8 Å². The van der Waals surface area contributed by atoms with Gasteiger partial charge >= 0.3 is 0 Å². The monoisotopic (exact) mass is 285 g/mol. The second-order valence-corrected chi connectivity index (χ2v) is 4.70. The number of hydrogen-bond acceptors (Lipinski definition) is 4. The molecule has 1 heterocycles. The van der Waals surface area contributed by atoms with Gasteiger partial charge in [-0.3, -0.25) is 10.1 Å². The molecule has 3 rings (SSSR count). The summed E-state index contributed by atoms with van der Waals surface area (Å²) < 4.78 is 10.3. The van der Waals surface area contributed by atoms with Crippen LogP contribution in [-0.4, -0.2) is 18.2 Å². The molecular weight excluding hydrogens is 274 g/mol. The predicted octanol–water partition coefficient (Wildman–Crippen LogP) is 2.62. The van der Waals surface area contributed by atoms with Crippen LogP contribution in [0.25, 0.3) is 16.8 Å². The van der Waals surface area contributed by atoms with Crippen molar-refractivity contribution in [3.8, 4) is 5.75 Å². The molecule has 0 aromatic heterocycles. The Morgan fingerprint density at radius 2 is 1.95 bits per heavy atom. The highest BCUT2D eigenvalue weighted by molar-refractivity contribution is 7.80. The molecule has 1 amide bonds. The molecule has 1 aliphatic rings. The van der Waals surface area contributed by atoms with Crippen LogP contribution in [0, 0.1) is 0 Å². The third kappa shape index (κ3) is 2.35. The molecule has 5 heteroatoms. The summed E-state index contributed by atoms with van der Waals surface area (Å²) in [4.78, 5) is 11.5. The number of carbonyl (C=O) groups is 1. The lowest BCUT2D eigenvalue weighted by Gasteiger charge is -2.03. The molecule has 0 saturated carbocycles. The van der Waals surface area contributed by atoms with E-state index >= 15 is 0 Å². The normalized spacial score (nSPS) is 16.4. The molecule has 100 valence electrons. The topological polar surface area (TPSA) is 47.6 Å². The van der Waals surface area contributed by atoms with E-state index in [0.29, 0.717) is 0 Å². The molecule has 1 aliphatic heterocycles. The number of thiocarbonyl (C=S) groups is 1. The molecule has 2 aromatic rings. The number of ether oxygens (including phenoxy) is 2. The van der Waals surface area contributed by atoms with Crippen LogP contribution < -0.4 is 10.1 Å². The van der Waals surface area contributed by atoms with E-state index in [1.54, 1.807) is 13.2 Å². The van der Waals surface area contributed by atoms with E-state index < -0.39 is 0 Å². The minimum atomic E-state index is -0.315. The fourth-order valence-corrected chi connectivity index (χ4v) is 2.21. The molecule has 2 aromatic carbocycles. The van der Waals surface area contributed by atoms with Crippen LogP contribution in [0.15, 0.2) is 42.2 Å². The summed E-state index contributed by atoms with van der Waals surface area (Å²) in [5, 5.41) is 4.64. The number of hydrogen-bond donors (Lipinski definition) is 1. The third-order valence-corrected chi connectivity index (χ3v) is 3.20. The second-order valence-electron chi connectivity index (χ2n) is 4.32. The molecule has 4 nitrogen and oxygen atoms in total. The maximum atomic E-state index is 11.5. The first-order chi connectivity index (χ1) is 9.65. The summed E-state index contributed by atoms with van der Waals surface area (Å²) in [6, 6.07) is 11.7. The molecule has 1 saturated heterocycles. The van der Waals surface area contributed by atoms with Crippen molar-refractivity contribution >= 4 is 40.1 Å². The number of rotatable bonds is 2. The fourth-order valence-electron chi connectivity index (χ4n) is 2.03. The molecule has 20 heavy (non-hydrogen) atoms. The van der Waals surface area contributed by atoms with E-state index in [1.165, 1.54) is 0 Å². The Bertz CT molecular complexity index is 752. The Balaban J connectivity index is 1.99. The highest BCUT2D eigenvalue weighted by Crippen LogP contribution is 2.23. The number of carbonyl (C=O) groups excluding carboxylic acids is 1. The molecule has 1 N–H and O–H groups in total. The van der Waals surface area contributed by atoms with Crippen LogP contribution in [0.5, 0.6) is 5.75 Å². The van der Waals surface area contributed by atoms with E-state index in [4.69, 9.17) is 21.7 Å². The van der Waals surface area contributed by atoms with E-state index in [9.17, 15) is 4.79 Å². The Kier molecular flexibility index (Phi) is 3.12. The lowest BCUT2D eigenvalue weighted by Crippen LogP contribution is -2.18. The maximum Gasteiger partial charge on any atom is 0.294 e. The quantitative estimate of drug-likeness (QED) is 0.680. The van der Waals surface area contributed by atoms with Crippen molar-refractivity contribution in [3.05, 3.63) is 47.7 Å². The Morgan fingerprint density at radius 3 is 2.65 bits per heavy atom. The summed E-state index contributed by atoms with van der Waals surface area (Å²) in [6.07, 6.45) is 1.66. The van der Waals surface area contributed by atoms with Gasteiger partial charge in [0.15, 0.2) is 5.76 Å². The molecule has 1 fully saturated rings. The number of methoxy groups -OCH3 is 1. The Labute approximate surface area is 121 Å². The molecule has 0 bridgehead atoms. The Hall–Kier alpha value is -2.40. The lowest BCUT2D eigenvalue weighted by molar-refractivity contribution is -0.116. The van der Waals surface area contributed by atoms with Gasteiger partial charge < -0.3 is 9.47 Å². The average Bonchev–Trinajstić information content (AvgIpc) is 2.76. The smallest absolute Gasteiger partial charge is 0.294 e. The second kappa shape index (κ2) is 4.94. The summed E-state index contributed by atoms with van der Waals surface area (Å²) in [5.41, 5.74) is 0.873. The van der Waals surface area contributed by atoms with Crippen molar-refractivity contribution in [2.24, 2.45) is 0 Å². The number of fused-ring (bicyclic) bond motifs is 1. The van der Waals surface area contributed by atoms with Crippen LogP contribution in [0.4, 0.5) is 0 Å². The van der Waals surface area contributed by atoms with E-state index in [1.807, 2.05) is 36.4 Å². The summed E-state index contributed by atoms with van der Waals surface area (Å²) in [5.74, 6) is 0.708. The summed E-state index contributed by atoms with van der Waals surface area (Å²) in [7, 11) is 1.64. The zero-order valence-electron chi connectivity index (χ0n) is 10.7. The van der Waals surface area contributed by atoms with Crippen LogP contribution in [0.1, 0.15) is 5.56 Å². The van der Waals surface area contributed by atoms with Crippen molar-refractivity contribution in [2.75, 3.05) is 7.11 Å². The zero-order valence-corrected chi connectivity index (χ0v) is 11.5. The first kappa shape index (κ1) is 12.6. The number of amides is 1. The van der Waals surface area contributed by atoms with E-state index in [2.05, 4.69) is 5.32 Å². The third-order valence-electron chi connectivity index (χ3n) is 3.01. The largest absolute Gasteiger partial charge is 0.497 e. The van der Waals surface area contributed by atoms with Gasteiger partial charge in [0.25, 0.3) is 11.1 Å². The van der Waals surface area contributed by atoms with Crippen molar-refractivity contribution < 1.29 is 14.3 Å². The average molecular weight is 285 g/mol. The van der Waals surface area contributed by atoms with Gasteiger partial charge in [0.2, 0.25) is 0 Å². The highest BCUT2D eigenvalue weighted by atomic mass is 32.1. The fraction of sp³-hybridized carbons (Fsp3) is 0.0667. The molecule has 0 atom stereocenters. The first-order valence-electron chi connectivity index (χ1n) is 5.98. The van der Waals surface area contributed by atoms with Crippen molar-refractivity contribution in [2.45, 2.75) is 0 Å². The van der Waals surface area contributed by atoms with E-state index in [-0.39, 0.29) is 16.8 Å². The van der Waals surface area contributed by atoms with E-state index in [0.717, 1.165) is 22.1 Å². The van der Waals surface area contributed by atoms with Crippen molar-refractivity contribution in [1.29, 1.82) is 0 Å². The lowest BCUT2D eigenvalue weighted by atomic mass is 10.1. The summed E-state index contributed by atoms with van der Waals surface area (Å²) >= 11 is 4.79. The molecular formula is C15H11NO3S. The van der Waals surface area contributed by atoms with Crippen LogP contribution in [0.3, 0.4) is 0 Å². The van der Waals surface area contributed by atoms with Crippen LogP contribution in [-0.2, 0) is 9.53 Å². The van der Waals surface area contributed by atoms with Gasteiger partial charge in [0, 0.05) is 0 Å². The standard InChI is InChI=1S/C15H11NO3S/c1-18-12-5-4-10-6-9(2-3-11(10)8-12)7-13-14(17)16-15(20)19-13/h2-8H,1H3,(H,16,17,20). The van der Waals surface area contributed by atoms with Gasteiger partial charge in [0.05, 0.1) is 7.11 Å². The minimum absolute atomic E-state index is 0.0896. The SMILES string of the molecule is COc1ccc2cc(C=C3OC(=S)NC3=O)ccc2c1. The van der Waals surface area contributed by atoms with Crippen LogP contribution >= 0.6 is 12.2 Å². The van der Waals surface area contributed by atoms with Gasteiger partial charge in [-0.2, -0.15) is 0 Å². The van der Waals surface area contributed by atoms with Gasteiger partial charge in [0.1, 0.15) is 5.75 Å².